The molecular formula is C16H27NO2. The number of hydrogen-bond acceptors (Lipinski definition) is 3. The molecule has 0 aromatic carbocycles. The lowest BCUT2D eigenvalue weighted by molar-refractivity contribution is 0.0356. The summed E-state index contributed by atoms with van der Waals surface area (Å²) in [5.74, 6) is 2.08. The molecule has 2 N–H and O–H groups in total. The van der Waals surface area contributed by atoms with Crippen molar-refractivity contribution in [3.05, 3.63) is 23.2 Å². The van der Waals surface area contributed by atoms with Gasteiger partial charge >= 0.3 is 0 Å². The summed E-state index contributed by atoms with van der Waals surface area (Å²) in [6, 6.07) is 2.44. The smallest absolute Gasteiger partial charge is 0.109 e. The molecule has 0 bridgehead atoms. The standard InChI is InChI=1S/C16H27NO2/c1-10-7-12-13(17-11(2)16(5,6)18)8-15(3,4)9-14(12)19-10/h7,11,13,17-18H,8-9H2,1-6H3. The van der Waals surface area contributed by atoms with E-state index in [0.717, 1.165) is 24.4 Å². The highest BCUT2D eigenvalue weighted by atomic mass is 16.3. The molecule has 3 nitrogen and oxygen atoms in total. The highest BCUT2D eigenvalue weighted by Gasteiger charge is 2.36. The number of hydrogen-bond donors (Lipinski definition) is 2. The van der Waals surface area contributed by atoms with Crippen LogP contribution in [0.15, 0.2) is 10.5 Å². The third-order valence-corrected chi connectivity index (χ3v) is 4.25. The van der Waals surface area contributed by atoms with Crippen LogP contribution in [0.1, 0.15) is 64.2 Å². The van der Waals surface area contributed by atoms with Crippen LogP contribution in [0.25, 0.3) is 0 Å². The van der Waals surface area contributed by atoms with Crippen LogP contribution >= 0.6 is 0 Å². The maximum Gasteiger partial charge on any atom is 0.109 e. The minimum absolute atomic E-state index is 0.0365. The third-order valence-electron chi connectivity index (χ3n) is 4.25. The van der Waals surface area contributed by atoms with E-state index in [0.29, 0.717) is 0 Å². The van der Waals surface area contributed by atoms with E-state index in [9.17, 15) is 5.11 Å². The topological polar surface area (TPSA) is 45.4 Å². The molecule has 1 aliphatic carbocycles. The first-order valence-corrected chi connectivity index (χ1v) is 7.16. The van der Waals surface area contributed by atoms with Gasteiger partial charge in [0.25, 0.3) is 0 Å². The number of rotatable bonds is 3. The number of fused-ring (bicyclic) bond motifs is 1. The zero-order chi connectivity index (χ0) is 14.4. The summed E-state index contributed by atoms with van der Waals surface area (Å²) in [6.07, 6.45) is 2.06. The van der Waals surface area contributed by atoms with Gasteiger partial charge in [0, 0.05) is 24.1 Å². The molecule has 1 aromatic heterocycles. The van der Waals surface area contributed by atoms with Crippen molar-refractivity contribution in [1.82, 2.24) is 5.32 Å². The van der Waals surface area contributed by atoms with Crippen LogP contribution in [0.4, 0.5) is 0 Å². The minimum atomic E-state index is -0.722. The predicted molar refractivity (Wildman–Crippen MR) is 77.2 cm³/mol. The Morgan fingerprint density at radius 1 is 1.47 bits per heavy atom. The number of aryl methyl sites for hydroxylation is 1. The summed E-state index contributed by atoms with van der Waals surface area (Å²) in [6.45, 7) is 12.3. The van der Waals surface area contributed by atoms with Crippen LogP contribution in [0.3, 0.4) is 0 Å². The Morgan fingerprint density at radius 2 is 2.11 bits per heavy atom. The molecule has 2 unspecified atom stereocenters. The average molecular weight is 265 g/mol. The maximum atomic E-state index is 10.1. The Morgan fingerprint density at radius 3 is 2.68 bits per heavy atom. The Hall–Kier alpha value is -0.800. The van der Waals surface area contributed by atoms with Crippen LogP contribution in [0, 0.1) is 12.3 Å². The van der Waals surface area contributed by atoms with E-state index >= 15 is 0 Å². The van der Waals surface area contributed by atoms with Crippen LogP contribution in [-0.4, -0.2) is 16.7 Å². The van der Waals surface area contributed by atoms with E-state index < -0.39 is 5.60 Å². The van der Waals surface area contributed by atoms with E-state index in [2.05, 4.69) is 25.2 Å². The van der Waals surface area contributed by atoms with E-state index in [-0.39, 0.29) is 17.5 Å². The van der Waals surface area contributed by atoms with E-state index in [4.69, 9.17) is 4.42 Å². The van der Waals surface area contributed by atoms with E-state index in [1.807, 2.05) is 27.7 Å². The van der Waals surface area contributed by atoms with E-state index in [1.165, 1.54) is 5.56 Å². The summed E-state index contributed by atoms with van der Waals surface area (Å²) in [5.41, 5.74) is 0.780. The van der Waals surface area contributed by atoms with Crippen LogP contribution in [-0.2, 0) is 6.42 Å². The van der Waals surface area contributed by atoms with Gasteiger partial charge in [0.2, 0.25) is 0 Å². The molecule has 19 heavy (non-hydrogen) atoms. The zero-order valence-corrected chi connectivity index (χ0v) is 13.0. The van der Waals surface area contributed by atoms with Gasteiger partial charge in [-0.1, -0.05) is 13.8 Å². The molecule has 1 heterocycles. The molecule has 0 spiro atoms. The van der Waals surface area contributed by atoms with Crippen molar-refractivity contribution in [1.29, 1.82) is 0 Å². The fourth-order valence-corrected chi connectivity index (χ4v) is 2.84. The first-order chi connectivity index (χ1) is 8.58. The zero-order valence-electron chi connectivity index (χ0n) is 13.0. The fraction of sp³-hybridized carbons (Fsp3) is 0.750. The highest BCUT2D eigenvalue weighted by Crippen LogP contribution is 2.42. The van der Waals surface area contributed by atoms with Gasteiger partial charge in [-0.15, -0.1) is 0 Å². The lowest BCUT2D eigenvalue weighted by Gasteiger charge is -2.38. The Bertz CT molecular complexity index is 454. The second kappa shape index (κ2) is 4.64. The molecule has 3 heteroatoms. The highest BCUT2D eigenvalue weighted by molar-refractivity contribution is 5.29. The summed E-state index contributed by atoms with van der Waals surface area (Å²) in [4.78, 5) is 0. The molecule has 1 aliphatic rings. The van der Waals surface area contributed by atoms with Crippen LogP contribution in [0.2, 0.25) is 0 Å². The molecule has 2 rings (SSSR count). The molecular weight excluding hydrogens is 238 g/mol. The SMILES string of the molecule is Cc1cc2c(o1)CC(C)(C)CC2NC(C)C(C)(C)O. The van der Waals surface area contributed by atoms with Gasteiger partial charge in [-0.05, 0) is 45.6 Å². The van der Waals surface area contributed by atoms with Crippen molar-refractivity contribution in [3.8, 4) is 0 Å². The lowest BCUT2D eigenvalue weighted by atomic mass is 9.74. The van der Waals surface area contributed by atoms with Gasteiger partial charge in [0.05, 0.1) is 5.60 Å². The molecule has 0 fully saturated rings. The number of furan rings is 1. The molecule has 0 radical (unpaired) electrons. The van der Waals surface area contributed by atoms with Gasteiger partial charge in [0.1, 0.15) is 11.5 Å². The third kappa shape index (κ3) is 3.21. The van der Waals surface area contributed by atoms with Crippen LogP contribution in [0.5, 0.6) is 0 Å². The normalized spacial score (nSPS) is 24.1. The number of nitrogens with one attached hydrogen (secondary N) is 1. The molecule has 0 saturated heterocycles. The van der Waals surface area contributed by atoms with Gasteiger partial charge in [-0.2, -0.15) is 0 Å². The van der Waals surface area contributed by atoms with Crippen molar-refractivity contribution in [2.45, 2.75) is 72.1 Å². The second-order valence-corrected chi connectivity index (χ2v) is 7.38. The van der Waals surface area contributed by atoms with E-state index in [1.54, 1.807) is 0 Å². The molecule has 2 atom stereocenters. The van der Waals surface area contributed by atoms with Crippen molar-refractivity contribution in [2.24, 2.45) is 5.41 Å². The van der Waals surface area contributed by atoms with Crippen molar-refractivity contribution in [2.75, 3.05) is 0 Å². The van der Waals surface area contributed by atoms with Crippen molar-refractivity contribution >= 4 is 0 Å². The maximum absolute atomic E-state index is 10.1. The summed E-state index contributed by atoms with van der Waals surface area (Å²) in [5, 5.41) is 13.7. The largest absolute Gasteiger partial charge is 0.466 e. The predicted octanol–water partition coefficient (Wildman–Crippen LogP) is 3.35. The van der Waals surface area contributed by atoms with Gasteiger partial charge in [0.15, 0.2) is 0 Å². The lowest BCUT2D eigenvalue weighted by Crippen LogP contribution is -2.47. The first-order valence-electron chi connectivity index (χ1n) is 7.16. The summed E-state index contributed by atoms with van der Waals surface area (Å²) < 4.78 is 5.84. The summed E-state index contributed by atoms with van der Waals surface area (Å²) >= 11 is 0. The molecule has 108 valence electrons. The van der Waals surface area contributed by atoms with Crippen molar-refractivity contribution in [3.63, 3.8) is 0 Å². The monoisotopic (exact) mass is 265 g/mol. The second-order valence-electron chi connectivity index (χ2n) is 7.38. The van der Waals surface area contributed by atoms with Crippen LogP contribution < -0.4 is 5.32 Å². The Kier molecular flexibility index (Phi) is 3.56. The summed E-state index contributed by atoms with van der Waals surface area (Å²) in [7, 11) is 0. The van der Waals surface area contributed by atoms with Gasteiger partial charge < -0.3 is 14.8 Å². The quantitative estimate of drug-likeness (QED) is 0.881. The Labute approximate surface area is 116 Å². The molecule has 0 aliphatic heterocycles. The first kappa shape index (κ1) is 14.6. The molecule has 0 saturated carbocycles. The molecule has 1 aromatic rings. The minimum Gasteiger partial charge on any atom is -0.466 e. The number of aliphatic hydroxyl groups is 1. The average Bonchev–Trinajstić information content (AvgIpc) is 2.55. The van der Waals surface area contributed by atoms with Gasteiger partial charge in [-0.25, -0.2) is 0 Å². The fourth-order valence-electron chi connectivity index (χ4n) is 2.84. The molecule has 0 amide bonds. The Balaban J connectivity index is 2.25. The van der Waals surface area contributed by atoms with Gasteiger partial charge in [-0.3, -0.25) is 0 Å². The van der Waals surface area contributed by atoms with Crippen molar-refractivity contribution < 1.29 is 9.52 Å².